The number of amides is 1. The number of carbonyl (C=O) groups excluding carboxylic acids is 1. The average Bonchev–Trinajstić information content (AvgIpc) is 2.53. The maximum Gasteiger partial charge on any atom is 0.236 e. The standard InChI is InChI=1S/C15H29N3O2/c16-7-4-8-18(14-5-2-1-3-6-14)13-15(19)17-9-11-20-12-10-17/h14H,1-13,16H2. The summed E-state index contributed by atoms with van der Waals surface area (Å²) < 4.78 is 5.31. The number of carbonyl (C=O) groups is 1. The molecule has 2 N–H and O–H groups in total. The summed E-state index contributed by atoms with van der Waals surface area (Å²) in [6.45, 7) is 5.06. The van der Waals surface area contributed by atoms with E-state index in [9.17, 15) is 4.79 Å². The van der Waals surface area contributed by atoms with Crippen LogP contribution >= 0.6 is 0 Å². The van der Waals surface area contributed by atoms with E-state index < -0.39 is 0 Å². The Morgan fingerprint density at radius 1 is 1.20 bits per heavy atom. The van der Waals surface area contributed by atoms with E-state index in [1.807, 2.05) is 4.90 Å². The smallest absolute Gasteiger partial charge is 0.236 e. The molecule has 2 aliphatic rings. The van der Waals surface area contributed by atoms with Gasteiger partial charge in [0.2, 0.25) is 5.91 Å². The molecule has 0 aromatic carbocycles. The maximum absolute atomic E-state index is 12.4. The minimum absolute atomic E-state index is 0.260. The van der Waals surface area contributed by atoms with Gasteiger partial charge in [-0.05, 0) is 25.8 Å². The zero-order valence-electron chi connectivity index (χ0n) is 12.6. The molecule has 0 spiro atoms. The zero-order valence-corrected chi connectivity index (χ0v) is 12.6. The van der Waals surface area contributed by atoms with Crippen molar-refractivity contribution in [2.24, 2.45) is 5.73 Å². The Bertz CT molecular complexity index is 287. The Morgan fingerprint density at radius 3 is 2.55 bits per heavy atom. The van der Waals surface area contributed by atoms with Crippen LogP contribution in [0.15, 0.2) is 0 Å². The van der Waals surface area contributed by atoms with E-state index in [2.05, 4.69) is 4.90 Å². The molecular weight excluding hydrogens is 254 g/mol. The summed E-state index contributed by atoms with van der Waals surface area (Å²) in [6, 6.07) is 0.584. The van der Waals surface area contributed by atoms with Gasteiger partial charge in [-0.15, -0.1) is 0 Å². The van der Waals surface area contributed by atoms with Gasteiger partial charge in [0, 0.05) is 25.7 Å². The third-order valence-electron chi connectivity index (χ3n) is 4.44. The number of hydrogen-bond donors (Lipinski definition) is 1. The van der Waals surface area contributed by atoms with E-state index in [-0.39, 0.29) is 5.91 Å². The molecule has 0 radical (unpaired) electrons. The van der Waals surface area contributed by atoms with Crippen molar-refractivity contribution in [1.29, 1.82) is 0 Å². The Kier molecular flexibility index (Phi) is 6.76. The first-order chi connectivity index (χ1) is 9.81. The van der Waals surface area contributed by atoms with Crippen LogP contribution < -0.4 is 5.73 Å². The minimum Gasteiger partial charge on any atom is -0.378 e. The number of hydrogen-bond acceptors (Lipinski definition) is 4. The highest BCUT2D eigenvalue weighted by Gasteiger charge is 2.25. The SMILES string of the molecule is NCCCN(CC(=O)N1CCOCC1)C1CCCCC1. The van der Waals surface area contributed by atoms with E-state index in [0.29, 0.717) is 32.3 Å². The first-order valence-corrected chi connectivity index (χ1v) is 8.11. The summed E-state index contributed by atoms with van der Waals surface area (Å²) in [4.78, 5) is 16.7. The number of ether oxygens (including phenoxy) is 1. The summed E-state index contributed by atoms with van der Waals surface area (Å²) in [6.07, 6.45) is 7.40. The monoisotopic (exact) mass is 283 g/mol. The van der Waals surface area contributed by atoms with Crippen LogP contribution in [0.2, 0.25) is 0 Å². The van der Waals surface area contributed by atoms with Crippen LogP contribution in [0.1, 0.15) is 38.5 Å². The Balaban J connectivity index is 1.86. The van der Waals surface area contributed by atoms with Crippen molar-refractivity contribution < 1.29 is 9.53 Å². The van der Waals surface area contributed by atoms with Gasteiger partial charge in [0.1, 0.15) is 0 Å². The van der Waals surface area contributed by atoms with Crippen molar-refractivity contribution in [3.05, 3.63) is 0 Å². The number of nitrogens with zero attached hydrogens (tertiary/aromatic N) is 2. The summed E-state index contributed by atoms with van der Waals surface area (Å²) in [5.74, 6) is 0.260. The lowest BCUT2D eigenvalue weighted by Crippen LogP contribution is -2.49. The Labute approximate surface area is 122 Å². The van der Waals surface area contributed by atoms with E-state index in [4.69, 9.17) is 10.5 Å². The van der Waals surface area contributed by atoms with Gasteiger partial charge in [-0.2, -0.15) is 0 Å². The van der Waals surface area contributed by atoms with E-state index >= 15 is 0 Å². The average molecular weight is 283 g/mol. The number of rotatable bonds is 6. The molecule has 1 saturated carbocycles. The van der Waals surface area contributed by atoms with Gasteiger partial charge in [-0.3, -0.25) is 9.69 Å². The second-order valence-corrected chi connectivity index (χ2v) is 5.90. The molecule has 2 fully saturated rings. The van der Waals surface area contributed by atoms with Crippen molar-refractivity contribution >= 4 is 5.91 Å². The van der Waals surface area contributed by atoms with Crippen molar-refractivity contribution in [3.8, 4) is 0 Å². The minimum atomic E-state index is 0.260. The van der Waals surface area contributed by atoms with Crippen LogP contribution in [0, 0.1) is 0 Å². The Morgan fingerprint density at radius 2 is 1.90 bits per heavy atom. The molecule has 20 heavy (non-hydrogen) atoms. The highest BCUT2D eigenvalue weighted by molar-refractivity contribution is 5.78. The molecule has 1 saturated heterocycles. The van der Waals surface area contributed by atoms with Crippen LogP contribution in [-0.4, -0.2) is 67.7 Å². The molecule has 5 heteroatoms. The summed E-state index contributed by atoms with van der Waals surface area (Å²) in [5.41, 5.74) is 5.64. The molecule has 116 valence electrons. The van der Waals surface area contributed by atoms with Crippen LogP contribution in [-0.2, 0) is 9.53 Å². The predicted molar refractivity (Wildman–Crippen MR) is 79.5 cm³/mol. The van der Waals surface area contributed by atoms with Crippen LogP contribution in [0.3, 0.4) is 0 Å². The first kappa shape index (κ1) is 15.7. The van der Waals surface area contributed by atoms with Crippen molar-refractivity contribution in [2.45, 2.75) is 44.6 Å². The third kappa shape index (κ3) is 4.72. The molecule has 0 atom stereocenters. The van der Waals surface area contributed by atoms with Gasteiger partial charge < -0.3 is 15.4 Å². The fourth-order valence-electron chi connectivity index (χ4n) is 3.22. The second kappa shape index (κ2) is 8.60. The molecule has 0 aromatic heterocycles. The molecular formula is C15H29N3O2. The molecule has 1 amide bonds. The molecule has 5 nitrogen and oxygen atoms in total. The predicted octanol–water partition coefficient (Wildman–Crippen LogP) is 0.829. The van der Waals surface area contributed by atoms with Crippen molar-refractivity contribution in [3.63, 3.8) is 0 Å². The lowest BCUT2D eigenvalue weighted by molar-refractivity contribution is -0.137. The van der Waals surface area contributed by atoms with E-state index in [0.717, 1.165) is 26.1 Å². The van der Waals surface area contributed by atoms with Gasteiger partial charge in [0.25, 0.3) is 0 Å². The zero-order chi connectivity index (χ0) is 14.2. The molecule has 2 rings (SSSR count). The molecule has 0 aromatic rings. The molecule has 1 aliphatic carbocycles. The molecule has 0 unspecified atom stereocenters. The number of morpholine rings is 1. The quantitative estimate of drug-likeness (QED) is 0.784. The molecule has 1 heterocycles. The fraction of sp³-hybridized carbons (Fsp3) is 0.933. The normalized spacial score (nSPS) is 21.4. The largest absolute Gasteiger partial charge is 0.378 e. The van der Waals surface area contributed by atoms with Gasteiger partial charge in [0.05, 0.1) is 19.8 Å². The highest BCUT2D eigenvalue weighted by Crippen LogP contribution is 2.22. The summed E-state index contributed by atoms with van der Waals surface area (Å²) >= 11 is 0. The highest BCUT2D eigenvalue weighted by atomic mass is 16.5. The lowest BCUT2D eigenvalue weighted by atomic mass is 9.94. The van der Waals surface area contributed by atoms with Crippen LogP contribution in [0.5, 0.6) is 0 Å². The first-order valence-electron chi connectivity index (χ1n) is 8.11. The second-order valence-electron chi connectivity index (χ2n) is 5.90. The van der Waals surface area contributed by atoms with Gasteiger partial charge in [-0.25, -0.2) is 0 Å². The van der Waals surface area contributed by atoms with Crippen LogP contribution in [0.4, 0.5) is 0 Å². The Hall–Kier alpha value is -0.650. The molecule has 0 bridgehead atoms. The summed E-state index contributed by atoms with van der Waals surface area (Å²) in [5, 5.41) is 0. The summed E-state index contributed by atoms with van der Waals surface area (Å²) in [7, 11) is 0. The van der Waals surface area contributed by atoms with E-state index in [1.165, 1.54) is 32.1 Å². The van der Waals surface area contributed by atoms with Gasteiger partial charge >= 0.3 is 0 Å². The van der Waals surface area contributed by atoms with E-state index in [1.54, 1.807) is 0 Å². The topological polar surface area (TPSA) is 58.8 Å². The molecule has 1 aliphatic heterocycles. The number of nitrogens with two attached hydrogens (primary N) is 1. The van der Waals surface area contributed by atoms with Gasteiger partial charge in [0.15, 0.2) is 0 Å². The maximum atomic E-state index is 12.4. The van der Waals surface area contributed by atoms with Crippen molar-refractivity contribution in [1.82, 2.24) is 9.80 Å². The van der Waals surface area contributed by atoms with Gasteiger partial charge in [-0.1, -0.05) is 19.3 Å². The third-order valence-corrected chi connectivity index (χ3v) is 4.44. The lowest BCUT2D eigenvalue weighted by Gasteiger charge is -2.36. The van der Waals surface area contributed by atoms with Crippen molar-refractivity contribution in [2.75, 3.05) is 45.9 Å². The fourth-order valence-corrected chi connectivity index (χ4v) is 3.22. The van der Waals surface area contributed by atoms with Crippen LogP contribution in [0.25, 0.3) is 0 Å².